The summed E-state index contributed by atoms with van der Waals surface area (Å²) in [6, 6.07) is 18.5. The molecule has 124 valence electrons. The van der Waals surface area contributed by atoms with E-state index in [-0.39, 0.29) is 0 Å². The first-order valence-corrected chi connectivity index (χ1v) is 8.62. The molecule has 2 aromatic rings. The van der Waals surface area contributed by atoms with Crippen LogP contribution in [0, 0.1) is 17.2 Å². The van der Waals surface area contributed by atoms with E-state index in [2.05, 4.69) is 41.3 Å². The van der Waals surface area contributed by atoms with Gasteiger partial charge in [0.2, 0.25) is 0 Å². The summed E-state index contributed by atoms with van der Waals surface area (Å²) in [7, 11) is 1.75. The van der Waals surface area contributed by atoms with Crippen LogP contribution in [0.4, 0.5) is 0 Å². The zero-order valence-electron chi connectivity index (χ0n) is 14.2. The predicted octanol–water partition coefficient (Wildman–Crippen LogP) is 4.02. The maximum Gasteiger partial charge on any atom is 0.122 e. The lowest BCUT2D eigenvalue weighted by Crippen LogP contribution is -2.33. The standard InChI is InChI=1S/C21H24N2O/c1-24-21-5-3-2-4-20(21)14-17-10-12-23(13-11-17)16-19-8-6-18(15-22)7-9-19/h2-9,17H,10-14,16H2,1H3. The second-order valence-electron chi connectivity index (χ2n) is 6.54. The SMILES string of the molecule is COc1ccccc1CC1CCN(Cc2ccc(C#N)cc2)CC1. The Bertz CT molecular complexity index is 695. The van der Waals surface area contributed by atoms with Crippen molar-refractivity contribution >= 4 is 0 Å². The fraction of sp³-hybridized carbons (Fsp3) is 0.381. The van der Waals surface area contributed by atoms with Gasteiger partial charge in [-0.25, -0.2) is 0 Å². The molecule has 24 heavy (non-hydrogen) atoms. The summed E-state index contributed by atoms with van der Waals surface area (Å²) in [5.41, 5.74) is 3.34. The normalized spacial score (nSPS) is 15.8. The molecule has 3 rings (SSSR count). The summed E-state index contributed by atoms with van der Waals surface area (Å²) in [6.45, 7) is 3.26. The minimum absolute atomic E-state index is 0.731. The Morgan fingerprint density at radius 1 is 1.08 bits per heavy atom. The third-order valence-corrected chi connectivity index (χ3v) is 4.90. The lowest BCUT2D eigenvalue weighted by atomic mass is 9.89. The van der Waals surface area contributed by atoms with Gasteiger partial charge in [-0.1, -0.05) is 30.3 Å². The molecular formula is C21H24N2O. The van der Waals surface area contributed by atoms with Crippen LogP contribution in [0.1, 0.15) is 29.5 Å². The van der Waals surface area contributed by atoms with Crippen molar-refractivity contribution in [2.75, 3.05) is 20.2 Å². The molecule has 0 saturated carbocycles. The van der Waals surface area contributed by atoms with Crippen molar-refractivity contribution in [2.24, 2.45) is 5.92 Å². The van der Waals surface area contributed by atoms with Gasteiger partial charge in [0.25, 0.3) is 0 Å². The van der Waals surface area contributed by atoms with Gasteiger partial charge in [0.05, 0.1) is 18.7 Å². The predicted molar refractivity (Wildman–Crippen MR) is 95.9 cm³/mol. The van der Waals surface area contributed by atoms with E-state index in [1.807, 2.05) is 18.2 Å². The van der Waals surface area contributed by atoms with Gasteiger partial charge in [-0.3, -0.25) is 4.90 Å². The fourth-order valence-corrected chi connectivity index (χ4v) is 3.47. The van der Waals surface area contributed by atoms with Crippen molar-refractivity contribution in [1.29, 1.82) is 5.26 Å². The Hall–Kier alpha value is -2.31. The van der Waals surface area contributed by atoms with E-state index in [9.17, 15) is 0 Å². The molecule has 0 unspecified atom stereocenters. The van der Waals surface area contributed by atoms with Crippen LogP contribution in [0.2, 0.25) is 0 Å². The highest BCUT2D eigenvalue weighted by atomic mass is 16.5. The molecular weight excluding hydrogens is 296 g/mol. The van der Waals surface area contributed by atoms with E-state index in [4.69, 9.17) is 10.00 Å². The monoisotopic (exact) mass is 320 g/mol. The number of piperidine rings is 1. The van der Waals surface area contributed by atoms with Crippen molar-refractivity contribution in [3.05, 3.63) is 65.2 Å². The number of hydrogen-bond donors (Lipinski definition) is 0. The van der Waals surface area contributed by atoms with E-state index in [1.165, 1.54) is 24.0 Å². The maximum atomic E-state index is 8.87. The highest BCUT2D eigenvalue weighted by molar-refractivity contribution is 5.33. The van der Waals surface area contributed by atoms with Gasteiger partial charge in [0, 0.05) is 6.54 Å². The minimum Gasteiger partial charge on any atom is -0.496 e. The highest BCUT2D eigenvalue weighted by Crippen LogP contribution is 2.27. The lowest BCUT2D eigenvalue weighted by Gasteiger charge is -2.32. The Morgan fingerprint density at radius 3 is 2.46 bits per heavy atom. The molecule has 1 heterocycles. The first kappa shape index (κ1) is 16.5. The quantitative estimate of drug-likeness (QED) is 0.835. The van der Waals surface area contributed by atoms with Gasteiger partial charge in [-0.2, -0.15) is 5.26 Å². The van der Waals surface area contributed by atoms with Crippen molar-refractivity contribution < 1.29 is 4.74 Å². The summed E-state index contributed by atoms with van der Waals surface area (Å²) in [4.78, 5) is 2.51. The van der Waals surface area contributed by atoms with Crippen LogP contribution < -0.4 is 4.74 Å². The van der Waals surface area contributed by atoms with Crippen molar-refractivity contribution in [3.63, 3.8) is 0 Å². The number of likely N-dealkylation sites (tertiary alicyclic amines) is 1. The molecule has 1 aliphatic rings. The summed E-state index contributed by atoms with van der Waals surface area (Å²) in [5, 5.41) is 8.87. The van der Waals surface area contributed by atoms with Gasteiger partial charge >= 0.3 is 0 Å². The van der Waals surface area contributed by atoms with E-state index < -0.39 is 0 Å². The first-order valence-electron chi connectivity index (χ1n) is 8.62. The van der Waals surface area contributed by atoms with E-state index in [0.717, 1.165) is 43.3 Å². The van der Waals surface area contributed by atoms with Crippen LogP contribution in [0.5, 0.6) is 5.75 Å². The molecule has 0 radical (unpaired) electrons. The molecule has 0 amide bonds. The van der Waals surface area contributed by atoms with Crippen LogP contribution in [-0.2, 0) is 13.0 Å². The number of nitrogens with zero attached hydrogens (tertiary/aromatic N) is 2. The lowest BCUT2D eigenvalue weighted by molar-refractivity contribution is 0.176. The van der Waals surface area contributed by atoms with E-state index >= 15 is 0 Å². The van der Waals surface area contributed by atoms with Crippen molar-refractivity contribution in [2.45, 2.75) is 25.8 Å². The summed E-state index contributed by atoms with van der Waals surface area (Å²) < 4.78 is 5.47. The summed E-state index contributed by atoms with van der Waals surface area (Å²) in [6.07, 6.45) is 3.57. The molecule has 0 spiro atoms. The molecule has 1 aliphatic heterocycles. The van der Waals surface area contributed by atoms with Gasteiger partial charge in [0.15, 0.2) is 0 Å². The molecule has 2 aromatic carbocycles. The Kier molecular flexibility index (Phi) is 5.51. The molecule has 0 atom stereocenters. The average Bonchev–Trinajstić information content (AvgIpc) is 2.64. The molecule has 3 heteroatoms. The highest BCUT2D eigenvalue weighted by Gasteiger charge is 2.20. The Labute approximate surface area is 144 Å². The third kappa shape index (κ3) is 4.15. The molecule has 0 N–H and O–H groups in total. The zero-order chi connectivity index (χ0) is 16.8. The average molecular weight is 320 g/mol. The number of methoxy groups -OCH3 is 1. The smallest absolute Gasteiger partial charge is 0.122 e. The number of nitriles is 1. The second-order valence-corrected chi connectivity index (χ2v) is 6.54. The van der Waals surface area contributed by atoms with E-state index in [1.54, 1.807) is 7.11 Å². The topological polar surface area (TPSA) is 36.3 Å². The van der Waals surface area contributed by atoms with Crippen LogP contribution >= 0.6 is 0 Å². The molecule has 1 saturated heterocycles. The number of rotatable bonds is 5. The number of hydrogen-bond acceptors (Lipinski definition) is 3. The van der Waals surface area contributed by atoms with Crippen molar-refractivity contribution in [3.8, 4) is 11.8 Å². The summed E-state index contributed by atoms with van der Waals surface area (Å²) in [5.74, 6) is 1.75. The van der Waals surface area contributed by atoms with Gasteiger partial charge in [0.1, 0.15) is 5.75 Å². The van der Waals surface area contributed by atoms with Gasteiger partial charge < -0.3 is 4.74 Å². The van der Waals surface area contributed by atoms with Crippen molar-refractivity contribution in [1.82, 2.24) is 4.90 Å². The largest absolute Gasteiger partial charge is 0.496 e. The number of ether oxygens (including phenoxy) is 1. The number of para-hydroxylation sites is 1. The second kappa shape index (κ2) is 7.99. The van der Waals surface area contributed by atoms with Crippen LogP contribution in [0.3, 0.4) is 0 Å². The maximum absolute atomic E-state index is 8.87. The molecule has 0 aliphatic carbocycles. The fourth-order valence-electron chi connectivity index (χ4n) is 3.47. The molecule has 0 aromatic heterocycles. The Morgan fingerprint density at radius 2 is 1.79 bits per heavy atom. The Balaban J connectivity index is 1.51. The summed E-state index contributed by atoms with van der Waals surface area (Å²) >= 11 is 0. The van der Waals surface area contributed by atoms with Gasteiger partial charge in [-0.05, 0) is 67.6 Å². The third-order valence-electron chi connectivity index (χ3n) is 4.90. The minimum atomic E-state index is 0.731. The van der Waals surface area contributed by atoms with Crippen LogP contribution in [0.25, 0.3) is 0 Å². The van der Waals surface area contributed by atoms with Gasteiger partial charge in [-0.15, -0.1) is 0 Å². The molecule has 3 nitrogen and oxygen atoms in total. The molecule has 1 fully saturated rings. The van der Waals surface area contributed by atoms with E-state index in [0.29, 0.717) is 0 Å². The first-order chi connectivity index (χ1) is 11.8. The number of benzene rings is 2. The van der Waals surface area contributed by atoms with Crippen LogP contribution in [0.15, 0.2) is 48.5 Å². The zero-order valence-corrected chi connectivity index (χ0v) is 14.2. The van der Waals surface area contributed by atoms with Crippen LogP contribution in [-0.4, -0.2) is 25.1 Å². The molecule has 0 bridgehead atoms.